The van der Waals surface area contributed by atoms with Crippen molar-refractivity contribution in [3.05, 3.63) is 65.2 Å². The van der Waals surface area contributed by atoms with Crippen molar-refractivity contribution in [1.82, 2.24) is 5.32 Å². The molecule has 0 aliphatic heterocycles. The van der Waals surface area contributed by atoms with Gasteiger partial charge in [-0.05, 0) is 43.4 Å². The second-order valence-corrected chi connectivity index (χ2v) is 6.07. The maximum absolute atomic E-state index is 12.0. The van der Waals surface area contributed by atoms with Crippen LogP contribution in [0.25, 0.3) is 0 Å². The first-order valence-corrected chi connectivity index (χ1v) is 8.72. The third-order valence-electron chi connectivity index (χ3n) is 3.86. The molecule has 0 spiro atoms. The highest BCUT2D eigenvalue weighted by molar-refractivity contribution is 5.78. The average molecular weight is 325 g/mol. The molecule has 0 radical (unpaired) electrons. The summed E-state index contributed by atoms with van der Waals surface area (Å²) in [6.45, 7) is 5.58. The molecule has 128 valence electrons. The molecule has 0 bridgehead atoms. The maximum Gasteiger partial charge on any atom is 0.224 e. The smallest absolute Gasteiger partial charge is 0.224 e. The predicted octanol–water partition coefficient (Wildman–Crippen LogP) is 4.08. The summed E-state index contributed by atoms with van der Waals surface area (Å²) in [5, 5.41) is 3.00. The minimum Gasteiger partial charge on any atom is -0.493 e. The fraction of sp³-hybridized carbons (Fsp3) is 0.381. The fourth-order valence-electron chi connectivity index (χ4n) is 2.52. The number of amides is 1. The molecular weight excluding hydrogens is 298 g/mol. The molecule has 0 aliphatic carbocycles. The molecular formula is C21H27NO2. The van der Waals surface area contributed by atoms with Crippen LogP contribution in [-0.4, -0.2) is 19.1 Å². The highest BCUT2D eigenvalue weighted by Gasteiger charge is 2.05. The Morgan fingerprint density at radius 1 is 1.08 bits per heavy atom. The zero-order valence-electron chi connectivity index (χ0n) is 14.7. The summed E-state index contributed by atoms with van der Waals surface area (Å²) in [6, 6.07) is 16.2. The van der Waals surface area contributed by atoms with Crippen molar-refractivity contribution in [3.63, 3.8) is 0 Å². The highest BCUT2D eigenvalue weighted by Crippen LogP contribution is 2.19. The van der Waals surface area contributed by atoms with Gasteiger partial charge in [0, 0.05) is 6.54 Å². The van der Waals surface area contributed by atoms with Gasteiger partial charge >= 0.3 is 0 Å². The normalized spacial score (nSPS) is 10.4. The summed E-state index contributed by atoms with van der Waals surface area (Å²) in [4.78, 5) is 12.0. The number of rotatable bonds is 9. The lowest BCUT2D eigenvalue weighted by molar-refractivity contribution is -0.120. The second-order valence-electron chi connectivity index (χ2n) is 6.07. The largest absolute Gasteiger partial charge is 0.493 e. The fourth-order valence-corrected chi connectivity index (χ4v) is 2.52. The molecule has 0 atom stereocenters. The summed E-state index contributed by atoms with van der Waals surface area (Å²) < 4.78 is 5.77. The van der Waals surface area contributed by atoms with Crippen LogP contribution in [0.1, 0.15) is 36.5 Å². The molecule has 0 aliphatic rings. The van der Waals surface area contributed by atoms with E-state index < -0.39 is 0 Å². The minimum atomic E-state index is 0.0781. The van der Waals surface area contributed by atoms with Crippen molar-refractivity contribution in [1.29, 1.82) is 0 Å². The van der Waals surface area contributed by atoms with Crippen molar-refractivity contribution >= 4 is 5.91 Å². The molecule has 0 saturated carbocycles. The number of hydrogen-bond acceptors (Lipinski definition) is 2. The number of benzene rings is 2. The van der Waals surface area contributed by atoms with Gasteiger partial charge in [0.25, 0.3) is 0 Å². The molecule has 1 amide bonds. The number of hydrogen-bond donors (Lipinski definition) is 1. The quantitative estimate of drug-likeness (QED) is 0.706. The molecule has 1 N–H and O–H groups in total. The molecule has 3 nitrogen and oxygen atoms in total. The van der Waals surface area contributed by atoms with E-state index in [1.54, 1.807) is 0 Å². The van der Waals surface area contributed by atoms with E-state index >= 15 is 0 Å². The molecule has 0 heterocycles. The zero-order chi connectivity index (χ0) is 17.2. The third-order valence-corrected chi connectivity index (χ3v) is 3.86. The van der Waals surface area contributed by atoms with E-state index in [1.165, 1.54) is 11.1 Å². The lowest BCUT2D eigenvalue weighted by atomic mass is 10.1. The lowest BCUT2D eigenvalue weighted by Gasteiger charge is -2.11. The third kappa shape index (κ3) is 6.07. The van der Waals surface area contributed by atoms with E-state index in [9.17, 15) is 4.79 Å². The van der Waals surface area contributed by atoms with Gasteiger partial charge in [-0.3, -0.25) is 4.79 Å². The molecule has 2 rings (SSSR count). The molecule has 2 aromatic carbocycles. The van der Waals surface area contributed by atoms with Gasteiger partial charge in [0.1, 0.15) is 5.75 Å². The molecule has 0 unspecified atom stereocenters. The first-order valence-electron chi connectivity index (χ1n) is 8.72. The Balaban J connectivity index is 1.72. The molecule has 0 fully saturated rings. The summed E-state index contributed by atoms with van der Waals surface area (Å²) in [6.07, 6.45) is 3.26. The second kappa shape index (κ2) is 9.76. The molecule has 2 aromatic rings. The van der Waals surface area contributed by atoms with Gasteiger partial charge in [0.2, 0.25) is 5.91 Å². The Hall–Kier alpha value is -2.29. The summed E-state index contributed by atoms with van der Waals surface area (Å²) >= 11 is 0. The lowest BCUT2D eigenvalue weighted by Crippen LogP contribution is -2.26. The highest BCUT2D eigenvalue weighted by atomic mass is 16.5. The Labute approximate surface area is 145 Å². The molecule has 0 saturated heterocycles. The molecule has 0 aromatic heterocycles. The van der Waals surface area contributed by atoms with Crippen LogP contribution in [-0.2, 0) is 17.6 Å². The number of carbonyl (C=O) groups excluding carboxylic acids is 1. The first kappa shape index (κ1) is 18.1. The first-order chi connectivity index (χ1) is 11.7. The van der Waals surface area contributed by atoms with Crippen LogP contribution in [0.5, 0.6) is 5.75 Å². The predicted molar refractivity (Wildman–Crippen MR) is 98.4 cm³/mol. The SMILES string of the molecule is CCCOc1ccccc1CCCNC(=O)Cc1ccc(C)cc1. The summed E-state index contributed by atoms with van der Waals surface area (Å²) in [5.74, 6) is 1.04. The van der Waals surface area contributed by atoms with Crippen molar-refractivity contribution < 1.29 is 9.53 Å². The number of aryl methyl sites for hydroxylation is 2. The van der Waals surface area contributed by atoms with E-state index in [0.717, 1.165) is 37.2 Å². The number of ether oxygens (including phenoxy) is 1. The van der Waals surface area contributed by atoms with Gasteiger partial charge in [-0.2, -0.15) is 0 Å². The minimum absolute atomic E-state index is 0.0781. The van der Waals surface area contributed by atoms with E-state index in [-0.39, 0.29) is 5.91 Å². The van der Waals surface area contributed by atoms with Crippen molar-refractivity contribution in [2.24, 2.45) is 0 Å². The van der Waals surface area contributed by atoms with Crippen LogP contribution in [0.4, 0.5) is 0 Å². The van der Waals surface area contributed by atoms with Gasteiger partial charge in [0.05, 0.1) is 13.0 Å². The maximum atomic E-state index is 12.0. The van der Waals surface area contributed by atoms with Crippen LogP contribution >= 0.6 is 0 Å². The zero-order valence-corrected chi connectivity index (χ0v) is 14.7. The number of carbonyl (C=O) groups is 1. The Bertz CT molecular complexity index is 635. The van der Waals surface area contributed by atoms with Gasteiger partial charge in [-0.25, -0.2) is 0 Å². The standard InChI is InChI=1S/C21H27NO2/c1-3-15-24-20-9-5-4-7-19(20)8-6-14-22-21(23)16-18-12-10-17(2)11-13-18/h4-5,7,9-13H,3,6,8,14-16H2,1-2H3,(H,22,23). The average Bonchev–Trinajstić information content (AvgIpc) is 2.60. The monoisotopic (exact) mass is 325 g/mol. The number of para-hydroxylation sites is 1. The van der Waals surface area contributed by atoms with Gasteiger partial charge < -0.3 is 10.1 Å². The molecule has 3 heteroatoms. The van der Waals surface area contributed by atoms with Gasteiger partial charge in [0.15, 0.2) is 0 Å². The van der Waals surface area contributed by atoms with Crippen LogP contribution in [0.3, 0.4) is 0 Å². The topological polar surface area (TPSA) is 38.3 Å². The van der Waals surface area contributed by atoms with Gasteiger partial charge in [-0.15, -0.1) is 0 Å². The van der Waals surface area contributed by atoms with Crippen LogP contribution < -0.4 is 10.1 Å². The number of nitrogens with one attached hydrogen (secondary N) is 1. The van der Waals surface area contributed by atoms with Gasteiger partial charge in [-0.1, -0.05) is 55.0 Å². The van der Waals surface area contributed by atoms with E-state index in [1.807, 2.05) is 49.4 Å². The van der Waals surface area contributed by atoms with Crippen molar-refractivity contribution in [2.45, 2.75) is 39.5 Å². The Kier molecular flexibility index (Phi) is 7.34. The van der Waals surface area contributed by atoms with Crippen LogP contribution in [0.2, 0.25) is 0 Å². The van der Waals surface area contributed by atoms with Crippen molar-refractivity contribution in [2.75, 3.05) is 13.2 Å². The Morgan fingerprint density at radius 3 is 2.58 bits per heavy atom. The molecule has 24 heavy (non-hydrogen) atoms. The van der Waals surface area contributed by atoms with Crippen LogP contribution in [0, 0.1) is 6.92 Å². The van der Waals surface area contributed by atoms with E-state index in [2.05, 4.69) is 18.3 Å². The summed E-state index contributed by atoms with van der Waals surface area (Å²) in [7, 11) is 0. The summed E-state index contributed by atoms with van der Waals surface area (Å²) in [5.41, 5.74) is 3.47. The van der Waals surface area contributed by atoms with E-state index in [4.69, 9.17) is 4.74 Å². The Morgan fingerprint density at radius 2 is 1.83 bits per heavy atom. The van der Waals surface area contributed by atoms with Crippen molar-refractivity contribution in [3.8, 4) is 5.75 Å². The van der Waals surface area contributed by atoms with E-state index in [0.29, 0.717) is 13.0 Å². The van der Waals surface area contributed by atoms with Crippen LogP contribution in [0.15, 0.2) is 48.5 Å².